The van der Waals surface area contributed by atoms with Gasteiger partial charge in [0.15, 0.2) is 0 Å². The molecule has 2 aromatic heterocycles. The number of hydrogen-bond acceptors (Lipinski definition) is 6. The summed E-state index contributed by atoms with van der Waals surface area (Å²) in [5.41, 5.74) is 0. The van der Waals surface area contributed by atoms with Crippen molar-refractivity contribution in [3.05, 3.63) is 40.3 Å². The molecule has 0 saturated carbocycles. The van der Waals surface area contributed by atoms with E-state index in [1.165, 1.54) is 11.3 Å². The molecule has 3 rings (SSSR count). The number of hydrogen-bond donors (Lipinski definition) is 2. The topological polar surface area (TPSA) is 61.3 Å². The third-order valence-corrected chi connectivity index (χ3v) is 4.77. The lowest BCUT2D eigenvalue weighted by molar-refractivity contribution is 0.350. The highest BCUT2D eigenvalue weighted by Crippen LogP contribution is 2.18. The standard InChI is InChI=1S/C17H20N4OS/c22-11-2-5-15-6-7-16(23-15)12-20-14-4-1-10-21(13-14)17-18-8-3-9-19-17/h3,6-9,14,20,22H,1,4,10-13H2. The molecule has 2 N–H and O–H groups in total. The minimum absolute atomic E-state index is 0.0923. The molecule has 6 heteroatoms. The van der Waals surface area contributed by atoms with E-state index in [2.05, 4.69) is 38.1 Å². The van der Waals surface area contributed by atoms with E-state index in [4.69, 9.17) is 5.11 Å². The Morgan fingerprint density at radius 3 is 3.04 bits per heavy atom. The van der Waals surface area contributed by atoms with E-state index in [1.807, 2.05) is 12.1 Å². The fraction of sp³-hybridized carbons (Fsp3) is 0.412. The number of aromatic nitrogens is 2. The molecule has 1 atom stereocenters. The zero-order chi connectivity index (χ0) is 15.9. The molecule has 0 amide bonds. The maximum absolute atomic E-state index is 8.73. The Balaban J connectivity index is 1.53. The molecule has 3 heterocycles. The van der Waals surface area contributed by atoms with Crippen molar-refractivity contribution >= 4 is 17.3 Å². The van der Waals surface area contributed by atoms with Gasteiger partial charge in [0.2, 0.25) is 5.95 Å². The molecule has 0 aromatic carbocycles. The van der Waals surface area contributed by atoms with Crippen molar-refractivity contribution < 1.29 is 5.11 Å². The van der Waals surface area contributed by atoms with Gasteiger partial charge in [-0.1, -0.05) is 11.8 Å². The van der Waals surface area contributed by atoms with Crippen molar-refractivity contribution in [1.29, 1.82) is 0 Å². The summed E-state index contributed by atoms with van der Waals surface area (Å²) in [5.74, 6) is 6.45. The molecule has 2 aromatic rings. The van der Waals surface area contributed by atoms with E-state index < -0.39 is 0 Å². The first kappa shape index (κ1) is 15.9. The minimum Gasteiger partial charge on any atom is -0.384 e. The summed E-state index contributed by atoms with van der Waals surface area (Å²) in [6.45, 7) is 2.71. The van der Waals surface area contributed by atoms with Crippen LogP contribution in [0.2, 0.25) is 0 Å². The first-order chi connectivity index (χ1) is 11.3. The molecule has 1 unspecified atom stereocenters. The molecule has 0 spiro atoms. The number of aliphatic hydroxyl groups is 1. The Morgan fingerprint density at radius 2 is 2.22 bits per heavy atom. The molecule has 0 aliphatic carbocycles. The molecule has 0 radical (unpaired) electrons. The van der Waals surface area contributed by atoms with E-state index in [0.29, 0.717) is 6.04 Å². The monoisotopic (exact) mass is 328 g/mol. The van der Waals surface area contributed by atoms with Crippen LogP contribution in [-0.4, -0.2) is 40.8 Å². The zero-order valence-corrected chi connectivity index (χ0v) is 13.7. The largest absolute Gasteiger partial charge is 0.384 e. The summed E-state index contributed by atoms with van der Waals surface area (Å²) in [6.07, 6.45) is 5.90. The quantitative estimate of drug-likeness (QED) is 0.836. The van der Waals surface area contributed by atoms with Crippen LogP contribution < -0.4 is 10.2 Å². The highest BCUT2D eigenvalue weighted by atomic mass is 32.1. The van der Waals surface area contributed by atoms with Crippen molar-refractivity contribution in [2.45, 2.75) is 25.4 Å². The second kappa shape index (κ2) is 8.06. The van der Waals surface area contributed by atoms with E-state index in [0.717, 1.165) is 36.9 Å². The Kier molecular flexibility index (Phi) is 5.59. The second-order valence-corrected chi connectivity index (χ2v) is 6.61. The van der Waals surface area contributed by atoms with Crippen LogP contribution in [0.15, 0.2) is 30.6 Å². The van der Waals surface area contributed by atoms with Crippen LogP contribution >= 0.6 is 11.3 Å². The molecule has 1 aliphatic heterocycles. The van der Waals surface area contributed by atoms with Gasteiger partial charge in [-0.15, -0.1) is 11.3 Å². The SMILES string of the molecule is OCC#Cc1ccc(CNC2CCCN(c3ncccn3)C2)s1. The molecule has 0 bridgehead atoms. The first-order valence-electron chi connectivity index (χ1n) is 7.79. The molecule has 1 saturated heterocycles. The predicted octanol–water partition coefficient (Wildman–Crippen LogP) is 1.64. The van der Waals surface area contributed by atoms with E-state index in [-0.39, 0.29) is 6.61 Å². The average molecular weight is 328 g/mol. The van der Waals surface area contributed by atoms with Crippen molar-refractivity contribution in [1.82, 2.24) is 15.3 Å². The van der Waals surface area contributed by atoms with Gasteiger partial charge in [-0.25, -0.2) is 9.97 Å². The second-order valence-electron chi connectivity index (χ2n) is 5.44. The molecule has 1 aliphatic rings. The van der Waals surface area contributed by atoms with Crippen LogP contribution in [0.4, 0.5) is 5.95 Å². The smallest absolute Gasteiger partial charge is 0.225 e. The van der Waals surface area contributed by atoms with Gasteiger partial charge in [-0.3, -0.25) is 0 Å². The van der Waals surface area contributed by atoms with Crippen molar-refractivity contribution in [3.63, 3.8) is 0 Å². The fourth-order valence-electron chi connectivity index (χ4n) is 2.69. The highest BCUT2D eigenvalue weighted by molar-refractivity contribution is 7.12. The van der Waals surface area contributed by atoms with Crippen LogP contribution in [0.25, 0.3) is 0 Å². The van der Waals surface area contributed by atoms with Crippen molar-refractivity contribution in [2.75, 3.05) is 24.6 Å². The van der Waals surface area contributed by atoms with Gasteiger partial charge in [0.25, 0.3) is 0 Å². The lowest BCUT2D eigenvalue weighted by Crippen LogP contribution is -2.46. The fourth-order valence-corrected chi connectivity index (χ4v) is 3.52. The summed E-state index contributed by atoms with van der Waals surface area (Å²) < 4.78 is 0. The minimum atomic E-state index is -0.0923. The number of nitrogens with one attached hydrogen (secondary N) is 1. The summed E-state index contributed by atoms with van der Waals surface area (Å²) in [4.78, 5) is 13.2. The first-order valence-corrected chi connectivity index (χ1v) is 8.60. The van der Waals surface area contributed by atoms with Gasteiger partial charge in [0, 0.05) is 42.9 Å². The van der Waals surface area contributed by atoms with Crippen LogP contribution in [-0.2, 0) is 6.54 Å². The van der Waals surface area contributed by atoms with E-state index in [9.17, 15) is 0 Å². The molecular formula is C17H20N4OS. The van der Waals surface area contributed by atoms with Crippen LogP contribution in [0, 0.1) is 11.8 Å². The van der Waals surface area contributed by atoms with Gasteiger partial charge in [0.1, 0.15) is 6.61 Å². The number of rotatable bonds is 4. The van der Waals surface area contributed by atoms with E-state index in [1.54, 1.807) is 23.7 Å². The molecular weight excluding hydrogens is 308 g/mol. The Labute approximate surface area is 140 Å². The van der Waals surface area contributed by atoms with Crippen LogP contribution in [0.1, 0.15) is 22.6 Å². The Bertz CT molecular complexity index is 677. The predicted molar refractivity (Wildman–Crippen MR) is 92.4 cm³/mol. The van der Waals surface area contributed by atoms with E-state index >= 15 is 0 Å². The normalized spacial score (nSPS) is 17.6. The summed E-state index contributed by atoms with van der Waals surface area (Å²) in [6, 6.07) is 6.40. The molecule has 1 fully saturated rings. The lowest BCUT2D eigenvalue weighted by Gasteiger charge is -2.33. The number of aliphatic hydroxyl groups excluding tert-OH is 1. The van der Waals surface area contributed by atoms with Gasteiger partial charge in [0.05, 0.1) is 4.88 Å². The van der Waals surface area contributed by atoms with Crippen molar-refractivity contribution in [2.24, 2.45) is 0 Å². The van der Waals surface area contributed by atoms with Gasteiger partial charge < -0.3 is 15.3 Å². The van der Waals surface area contributed by atoms with Gasteiger partial charge >= 0.3 is 0 Å². The Hall–Kier alpha value is -1.94. The maximum Gasteiger partial charge on any atom is 0.225 e. The summed E-state index contributed by atoms with van der Waals surface area (Å²) in [5, 5.41) is 12.4. The number of anilines is 1. The van der Waals surface area contributed by atoms with Gasteiger partial charge in [-0.2, -0.15) is 0 Å². The maximum atomic E-state index is 8.73. The van der Waals surface area contributed by atoms with Crippen molar-refractivity contribution in [3.8, 4) is 11.8 Å². The van der Waals surface area contributed by atoms with Crippen LogP contribution in [0.3, 0.4) is 0 Å². The number of thiophene rings is 1. The molecule has 5 nitrogen and oxygen atoms in total. The lowest BCUT2D eigenvalue weighted by atomic mass is 10.1. The van der Waals surface area contributed by atoms with Gasteiger partial charge in [-0.05, 0) is 31.0 Å². The summed E-state index contributed by atoms with van der Waals surface area (Å²) >= 11 is 1.67. The zero-order valence-electron chi connectivity index (χ0n) is 12.9. The highest BCUT2D eigenvalue weighted by Gasteiger charge is 2.21. The third-order valence-electron chi connectivity index (χ3n) is 3.77. The molecule has 23 heavy (non-hydrogen) atoms. The average Bonchev–Trinajstić information content (AvgIpc) is 3.07. The van der Waals surface area contributed by atoms with Crippen LogP contribution in [0.5, 0.6) is 0 Å². The molecule has 120 valence electrons. The number of nitrogens with zero attached hydrogens (tertiary/aromatic N) is 3. The number of piperidine rings is 1. The summed E-state index contributed by atoms with van der Waals surface area (Å²) in [7, 11) is 0. The Morgan fingerprint density at radius 1 is 1.35 bits per heavy atom. The third kappa shape index (κ3) is 4.52.